The van der Waals surface area contributed by atoms with Crippen LogP contribution in [0.4, 0.5) is 5.69 Å². The van der Waals surface area contributed by atoms with Crippen LogP contribution in [0.2, 0.25) is 5.02 Å². The highest BCUT2D eigenvalue weighted by molar-refractivity contribution is 7.89. The van der Waals surface area contributed by atoms with Crippen molar-refractivity contribution in [2.24, 2.45) is 5.92 Å². The zero-order valence-electron chi connectivity index (χ0n) is 16.7. The molecule has 1 aliphatic heterocycles. The zero-order chi connectivity index (χ0) is 21.2. The standard InChI is InChI=1S/C21H25ClN2O4S/c1-14-6-8-18(11-15(14)2)23-21(25)16-5-4-10-24(13-16)29(26,27)20-12-17(22)7-9-19(20)28-3/h6-9,11-12,16H,4-5,10,13H2,1-3H3,(H,23,25)/t16-/m0/s1. The van der Waals surface area contributed by atoms with Crippen LogP contribution in [-0.4, -0.2) is 38.8 Å². The maximum absolute atomic E-state index is 13.2. The van der Waals surface area contributed by atoms with Gasteiger partial charge < -0.3 is 10.1 Å². The molecule has 6 nitrogen and oxygen atoms in total. The number of amides is 1. The molecule has 29 heavy (non-hydrogen) atoms. The highest BCUT2D eigenvalue weighted by Crippen LogP contribution is 2.32. The molecule has 156 valence electrons. The number of carbonyl (C=O) groups is 1. The van der Waals surface area contributed by atoms with Crippen LogP contribution < -0.4 is 10.1 Å². The Labute approximate surface area is 176 Å². The van der Waals surface area contributed by atoms with Crippen LogP contribution in [0.25, 0.3) is 0 Å². The number of halogens is 1. The van der Waals surface area contributed by atoms with Gasteiger partial charge in [-0.05, 0) is 68.1 Å². The topological polar surface area (TPSA) is 75.7 Å². The third-order valence-electron chi connectivity index (χ3n) is 5.27. The fourth-order valence-electron chi connectivity index (χ4n) is 3.43. The maximum atomic E-state index is 13.2. The number of nitrogens with one attached hydrogen (secondary N) is 1. The van der Waals surface area contributed by atoms with Crippen molar-refractivity contribution in [3.8, 4) is 5.75 Å². The first-order valence-electron chi connectivity index (χ1n) is 9.44. The Bertz CT molecular complexity index is 1020. The van der Waals surface area contributed by atoms with Gasteiger partial charge in [0.2, 0.25) is 15.9 Å². The van der Waals surface area contributed by atoms with E-state index in [-0.39, 0.29) is 23.1 Å². The molecule has 2 aromatic rings. The van der Waals surface area contributed by atoms with E-state index in [2.05, 4.69) is 5.32 Å². The van der Waals surface area contributed by atoms with Crippen LogP contribution in [0.15, 0.2) is 41.3 Å². The lowest BCUT2D eigenvalue weighted by Crippen LogP contribution is -2.43. The van der Waals surface area contributed by atoms with E-state index in [1.165, 1.54) is 23.5 Å². The van der Waals surface area contributed by atoms with Gasteiger partial charge in [-0.15, -0.1) is 0 Å². The maximum Gasteiger partial charge on any atom is 0.246 e. The molecule has 0 radical (unpaired) electrons. The number of benzene rings is 2. The molecule has 0 bridgehead atoms. The normalized spacial score (nSPS) is 17.7. The molecule has 8 heteroatoms. The van der Waals surface area contributed by atoms with E-state index in [4.69, 9.17) is 16.3 Å². The molecule has 1 N–H and O–H groups in total. The predicted molar refractivity (Wildman–Crippen MR) is 114 cm³/mol. The van der Waals surface area contributed by atoms with Gasteiger partial charge in [-0.25, -0.2) is 8.42 Å². The number of piperidine rings is 1. The number of methoxy groups -OCH3 is 1. The molecule has 0 spiro atoms. The molecule has 2 aromatic carbocycles. The Morgan fingerprint density at radius 2 is 1.93 bits per heavy atom. The minimum absolute atomic E-state index is 0.0164. The van der Waals surface area contributed by atoms with E-state index in [9.17, 15) is 13.2 Å². The van der Waals surface area contributed by atoms with Gasteiger partial charge in [-0.1, -0.05) is 17.7 Å². The first kappa shape index (κ1) is 21.6. The summed E-state index contributed by atoms with van der Waals surface area (Å²) in [5, 5.41) is 3.23. The SMILES string of the molecule is COc1ccc(Cl)cc1S(=O)(=O)N1CCC[C@H](C(=O)Nc2ccc(C)c(C)c2)C1. The number of rotatable bonds is 5. The molecule has 1 amide bonds. The number of carbonyl (C=O) groups excluding carboxylic acids is 1. The molecular weight excluding hydrogens is 412 g/mol. The van der Waals surface area contributed by atoms with E-state index in [1.54, 1.807) is 6.07 Å². The highest BCUT2D eigenvalue weighted by Gasteiger charge is 2.35. The molecule has 0 saturated carbocycles. The van der Waals surface area contributed by atoms with Gasteiger partial charge >= 0.3 is 0 Å². The summed E-state index contributed by atoms with van der Waals surface area (Å²) in [6.07, 6.45) is 1.24. The van der Waals surface area contributed by atoms with Crippen LogP contribution in [0, 0.1) is 19.8 Å². The van der Waals surface area contributed by atoms with Crippen LogP contribution in [0.3, 0.4) is 0 Å². The molecule has 0 aliphatic carbocycles. The quantitative estimate of drug-likeness (QED) is 0.768. The number of nitrogens with zero attached hydrogens (tertiary/aromatic N) is 1. The van der Waals surface area contributed by atoms with Gasteiger partial charge in [0.15, 0.2) is 0 Å². The Morgan fingerprint density at radius 3 is 2.62 bits per heavy atom. The number of aryl methyl sites for hydroxylation is 2. The molecule has 1 fully saturated rings. The van der Waals surface area contributed by atoms with Gasteiger partial charge in [-0.2, -0.15) is 4.31 Å². The van der Waals surface area contributed by atoms with Crippen molar-refractivity contribution in [2.45, 2.75) is 31.6 Å². The van der Waals surface area contributed by atoms with Crippen molar-refractivity contribution in [2.75, 3.05) is 25.5 Å². The molecular formula is C21H25ClN2O4S. The van der Waals surface area contributed by atoms with Crippen molar-refractivity contribution in [3.05, 3.63) is 52.5 Å². The summed E-state index contributed by atoms with van der Waals surface area (Å²) < 4.78 is 32.9. The average Bonchev–Trinajstić information content (AvgIpc) is 2.70. The Kier molecular flexibility index (Phi) is 6.51. The molecule has 1 heterocycles. The highest BCUT2D eigenvalue weighted by atomic mass is 35.5. The van der Waals surface area contributed by atoms with E-state index in [0.29, 0.717) is 24.4 Å². The first-order chi connectivity index (χ1) is 13.7. The van der Waals surface area contributed by atoms with Crippen LogP contribution >= 0.6 is 11.6 Å². The summed E-state index contributed by atoms with van der Waals surface area (Å²) >= 11 is 6.01. The van der Waals surface area contributed by atoms with E-state index in [0.717, 1.165) is 16.8 Å². The minimum Gasteiger partial charge on any atom is -0.495 e. The molecule has 1 atom stereocenters. The second-order valence-electron chi connectivity index (χ2n) is 7.29. The molecule has 1 aliphatic rings. The number of sulfonamides is 1. The monoisotopic (exact) mass is 436 g/mol. The van der Waals surface area contributed by atoms with Crippen LogP contribution in [0.5, 0.6) is 5.75 Å². The summed E-state index contributed by atoms with van der Waals surface area (Å²) in [4.78, 5) is 12.8. The Morgan fingerprint density at radius 1 is 1.17 bits per heavy atom. The molecule has 0 unspecified atom stereocenters. The molecule has 1 saturated heterocycles. The van der Waals surface area contributed by atoms with Gasteiger partial charge in [-0.3, -0.25) is 4.79 Å². The van der Waals surface area contributed by atoms with Crippen molar-refractivity contribution in [1.29, 1.82) is 0 Å². The number of hydrogen-bond acceptors (Lipinski definition) is 4. The van der Waals surface area contributed by atoms with Crippen molar-refractivity contribution >= 4 is 33.2 Å². The predicted octanol–water partition coefficient (Wildman–Crippen LogP) is 4.00. The van der Waals surface area contributed by atoms with Gasteiger partial charge in [0.25, 0.3) is 0 Å². The Balaban J connectivity index is 1.78. The smallest absolute Gasteiger partial charge is 0.246 e. The van der Waals surface area contributed by atoms with Gasteiger partial charge in [0, 0.05) is 23.8 Å². The summed E-state index contributed by atoms with van der Waals surface area (Å²) in [5.74, 6) is -0.368. The first-order valence-corrected chi connectivity index (χ1v) is 11.3. The van der Waals surface area contributed by atoms with Gasteiger partial charge in [0.1, 0.15) is 10.6 Å². The van der Waals surface area contributed by atoms with Crippen LogP contribution in [-0.2, 0) is 14.8 Å². The van der Waals surface area contributed by atoms with E-state index >= 15 is 0 Å². The van der Waals surface area contributed by atoms with Crippen molar-refractivity contribution < 1.29 is 17.9 Å². The van der Waals surface area contributed by atoms with E-state index < -0.39 is 15.9 Å². The van der Waals surface area contributed by atoms with Crippen LogP contribution in [0.1, 0.15) is 24.0 Å². The summed E-state index contributed by atoms with van der Waals surface area (Å²) in [5.41, 5.74) is 2.95. The second kappa shape index (κ2) is 8.73. The van der Waals surface area contributed by atoms with E-state index in [1.807, 2.05) is 32.0 Å². The summed E-state index contributed by atoms with van der Waals surface area (Å²) in [6, 6.07) is 10.2. The lowest BCUT2D eigenvalue weighted by Gasteiger charge is -2.31. The average molecular weight is 437 g/mol. The summed E-state index contributed by atoms with van der Waals surface area (Å²) in [6.45, 7) is 4.47. The lowest BCUT2D eigenvalue weighted by molar-refractivity contribution is -0.120. The molecule has 0 aromatic heterocycles. The third kappa shape index (κ3) is 4.74. The number of hydrogen-bond donors (Lipinski definition) is 1. The minimum atomic E-state index is -3.84. The van der Waals surface area contributed by atoms with Gasteiger partial charge in [0.05, 0.1) is 13.0 Å². The van der Waals surface area contributed by atoms with Crippen molar-refractivity contribution in [1.82, 2.24) is 4.31 Å². The zero-order valence-corrected chi connectivity index (χ0v) is 18.3. The molecule has 3 rings (SSSR count). The second-order valence-corrected chi connectivity index (χ2v) is 9.63. The van der Waals surface area contributed by atoms with Crippen molar-refractivity contribution in [3.63, 3.8) is 0 Å². The fraction of sp³-hybridized carbons (Fsp3) is 0.381. The summed E-state index contributed by atoms with van der Waals surface area (Å²) in [7, 11) is -2.42. The largest absolute Gasteiger partial charge is 0.495 e. The number of ether oxygens (including phenoxy) is 1. The Hall–Kier alpha value is -2.09. The lowest BCUT2D eigenvalue weighted by atomic mass is 9.98. The number of anilines is 1. The fourth-order valence-corrected chi connectivity index (χ4v) is 5.37. The third-order valence-corrected chi connectivity index (χ3v) is 7.39.